The molecular weight excluding hydrogens is 1320 g/mol. The molecule has 3 saturated carbocycles. The summed E-state index contributed by atoms with van der Waals surface area (Å²) in [6, 6.07) is -5.56. The predicted octanol–water partition coefficient (Wildman–Crippen LogP) is 6.03. The van der Waals surface area contributed by atoms with Crippen molar-refractivity contribution in [2.24, 2.45) is 23.7 Å². The first kappa shape index (κ1) is 80.3. The highest BCUT2D eigenvalue weighted by Gasteiger charge is 2.51. The predicted molar refractivity (Wildman–Crippen MR) is 369 cm³/mol. The Balaban J connectivity index is 1.27. The summed E-state index contributed by atoms with van der Waals surface area (Å²) in [5.74, 6) is -8.41. The molecule has 7 rings (SSSR count). The number of carbonyl (C=O) groups is 12. The fraction of sp³-hybridized carbons (Fsp3) is 0.750. The van der Waals surface area contributed by atoms with Crippen LogP contribution in [0.4, 0.5) is 13.2 Å². The third kappa shape index (κ3) is 20.4. The van der Waals surface area contributed by atoms with Gasteiger partial charge in [0.25, 0.3) is 0 Å². The second-order valence-electron chi connectivity index (χ2n) is 30.1. The van der Waals surface area contributed by atoms with Gasteiger partial charge in [-0.3, -0.25) is 57.5 Å². The molecule has 0 bridgehead atoms. The summed E-state index contributed by atoms with van der Waals surface area (Å²) >= 11 is 6.15. The molecule has 3 saturated heterocycles. The van der Waals surface area contributed by atoms with Crippen LogP contribution in [0.15, 0.2) is 18.2 Å². The SMILES string of the molecule is CC(C)C[C@H]1C(=O)N[C@@H](CC2CCCC2)C(=O)N(C)CC(=O)N(C)CC(=O)N(C)[C@@H](CC2CCCCC2)C(=O)N(C)CC(=O)N[C@@H](CCc2ccc(C(F)(F)F)c(Cl)c2)C(=O)N2CCCC2C(=O)NC2(CCCC2)C(=O)N(C)[C@@H](C(C)C)C(=O)N(C)[C@H](C(=O)N2CCCCC2)CC(=O)N1C. The number of alkyl halides is 3. The zero-order chi connectivity index (χ0) is 73.7. The summed E-state index contributed by atoms with van der Waals surface area (Å²) in [6.07, 6.45) is 6.82. The molecule has 0 radical (unpaired) electrons. The van der Waals surface area contributed by atoms with Crippen LogP contribution in [0.3, 0.4) is 0 Å². The molecule has 3 aliphatic carbocycles. The van der Waals surface area contributed by atoms with Crippen LogP contribution in [0.1, 0.15) is 187 Å². The Morgan fingerprint density at radius 1 is 0.580 bits per heavy atom. The second kappa shape index (κ2) is 35.7. The standard InChI is InChI=1S/C72H110ClF3N12O12/c1-45(2)37-55-63(93)78-53(39-47-25-16-17-26-47)65(95)82(7)43-60(91)80(5)44-61(92)84(9)56(40-48-23-14-12-15-24-48)67(97)81(6)42-58(89)77-52(31-29-49-28-30-50(51(73)38-49)72(74,75)76)66(96)88-36-22-27-54(88)64(94)79-71(32-18-19-33-71)70(100)86(11)62(46(3)4)69(99)85(10)57(41-59(90)83(55)8)68(98)87-34-20-13-21-35-87/h28,30,38,45-48,52-57,62H,12-27,29,31-37,39-44H2,1-11H3,(H,77,89)(H,78,93)(H,79,94)/t52-,53-,54?,55-,56-,57-,62-/m0/s1. The molecule has 6 fully saturated rings. The third-order valence-electron chi connectivity index (χ3n) is 21.8. The lowest BCUT2D eigenvalue weighted by Gasteiger charge is -2.42. The molecule has 100 heavy (non-hydrogen) atoms. The minimum absolute atomic E-state index is 0.0219. The van der Waals surface area contributed by atoms with Crippen LogP contribution in [0, 0.1) is 23.7 Å². The van der Waals surface area contributed by atoms with Gasteiger partial charge in [-0.05, 0) is 118 Å². The quantitative estimate of drug-likeness (QED) is 0.229. The maximum absolute atomic E-state index is 15.4. The molecule has 28 heteroatoms. The number of rotatable bonds is 11. The Morgan fingerprint density at radius 3 is 1.76 bits per heavy atom. The normalized spacial score (nSPS) is 26.6. The molecule has 3 N–H and O–H groups in total. The van der Waals surface area contributed by atoms with Gasteiger partial charge in [0.2, 0.25) is 70.9 Å². The lowest BCUT2D eigenvalue weighted by molar-refractivity contribution is -0.156. The maximum Gasteiger partial charge on any atom is 0.417 e. The summed E-state index contributed by atoms with van der Waals surface area (Å²) in [7, 11) is 9.96. The first-order valence-electron chi connectivity index (χ1n) is 36.3. The van der Waals surface area contributed by atoms with Gasteiger partial charge in [-0.15, -0.1) is 0 Å². The summed E-state index contributed by atoms with van der Waals surface area (Å²) in [6.45, 7) is 6.36. The number of hydrogen-bond acceptors (Lipinski definition) is 12. The average Bonchev–Trinajstić information content (AvgIpc) is 1.46. The first-order valence-corrected chi connectivity index (χ1v) is 36.7. The van der Waals surface area contributed by atoms with E-state index in [1.807, 2.05) is 13.8 Å². The monoisotopic (exact) mass is 1430 g/mol. The van der Waals surface area contributed by atoms with Crippen LogP contribution >= 0.6 is 11.6 Å². The molecule has 1 aromatic rings. The van der Waals surface area contributed by atoms with Gasteiger partial charge >= 0.3 is 6.18 Å². The average molecular weight is 1430 g/mol. The Hall–Kier alpha value is -7.06. The third-order valence-corrected chi connectivity index (χ3v) is 22.1. The number of hydrogen-bond donors (Lipinski definition) is 3. The fourth-order valence-electron chi connectivity index (χ4n) is 15.8. The zero-order valence-electron chi connectivity index (χ0n) is 60.7. The van der Waals surface area contributed by atoms with Crippen molar-refractivity contribution < 1.29 is 70.7 Å². The van der Waals surface area contributed by atoms with E-state index in [1.165, 1.54) is 84.8 Å². The number of aryl methyl sites for hydroxylation is 1. The number of likely N-dealkylation sites (tertiary alicyclic amines) is 1. The highest BCUT2D eigenvalue weighted by atomic mass is 35.5. The molecule has 0 aromatic heterocycles. The van der Waals surface area contributed by atoms with E-state index in [9.17, 15) is 46.7 Å². The first-order chi connectivity index (χ1) is 47.1. The van der Waals surface area contributed by atoms with E-state index in [2.05, 4.69) is 16.0 Å². The summed E-state index contributed by atoms with van der Waals surface area (Å²) < 4.78 is 41.6. The van der Waals surface area contributed by atoms with E-state index in [0.717, 1.165) is 86.1 Å². The lowest BCUT2D eigenvalue weighted by atomic mass is 9.84. The van der Waals surface area contributed by atoms with Crippen molar-refractivity contribution in [3.63, 3.8) is 0 Å². The Morgan fingerprint density at radius 2 is 1.16 bits per heavy atom. The van der Waals surface area contributed by atoms with E-state index in [4.69, 9.17) is 11.6 Å². The number of nitrogens with one attached hydrogen (secondary N) is 3. The van der Waals surface area contributed by atoms with Gasteiger partial charge in [0, 0.05) is 69.0 Å². The van der Waals surface area contributed by atoms with Gasteiger partial charge in [0.05, 0.1) is 36.6 Å². The van der Waals surface area contributed by atoms with Crippen molar-refractivity contribution in [1.82, 2.24) is 60.0 Å². The molecule has 24 nitrogen and oxygen atoms in total. The van der Waals surface area contributed by atoms with E-state index in [-0.39, 0.29) is 75.7 Å². The number of carbonyl (C=O) groups excluding carboxylic acids is 12. The number of piperidine rings is 1. The van der Waals surface area contributed by atoms with Crippen LogP contribution in [-0.4, -0.2) is 251 Å². The molecule has 3 heterocycles. The van der Waals surface area contributed by atoms with E-state index < -0.39 is 167 Å². The number of benzene rings is 1. The Kier molecular flexibility index (Phi) is 28.7. The number of halogens is 4. The van der Waals surface area contributed by atoms with Crippen molar-refractivity contribution in [2.75, 3.05) is 88.6 Å². The van der Waals surface area contributed by atoms with Crippen molar-refractivity contribution >= 4 is 82.5 Å². The van der Waals surface area contributed by atoms with Gasteiger partial charge in [0.1, 0.15) is 47.8 Å². The lowest BCUT2D eigenvalue weighted by Crippen LogP contribution is -2.65. The van der Waals surface area contributed by atoms with Gasteiger partial charge in [-0.25, -0.2) is 0 Å². The minimum atomic E-state index is -4.76. The maximum atomic E-state index is 15.4. The summed E-state index contributed by atoms with van der Waals surface area (Å²) in [5, 5.41) is 8.18. The van der Waals surface area contributed by atoms with Crippen molar-refractivity contribution in [3.05, 3.63) is 34.3 Å². The minimum Gasteiger partial charge on any atom is -0.343 e. The highest BCUT2D eigenvalue weighted by Crippen LogP contribution is 2.38. The highest BCUT2D eigenvalue weighted by molar-refractivity contribution is 6.31. The number of fused-ring (bicyclic) bond motifs is 1. The summed E-state index contributed by atoms with van der Waals surface area (Å²) in [4.78, 5) is 190. The van der Waals surface area contributed by atoms with Gasteiger partial charge in [-0.2, -0.15) is 13.2 Å². The molecule has 12 amide bonds. The van der Waals surface area contributed by atoms with Crippen molar-refractivity contribution in [3.8, 4) is 0 Å². The van der Waals surface area contributed by atoms with Crippen molar-refractivity contribution in [1.29, 1.82) is 0 Å². The van der Waals surface area contributed by atoms with Crippen molar-refractivity contribution in [2.45, 2.75) is 236 Å². The van der Waals surface area contributed by atoms with Crippen LogP contribution < -0.4 is 16.0 Å². The van der Waals surface area contributed by atoms with Crippen LogP contribution in [0.25, 0.3) is 0 Å². The second-order valence-corrected chi connectivity index (χ2v) is 30.5. The molecule has 6 aliphatic rings. The smallest absolute Gasteiger partial charge is 0.343 e. The molecular formula is C72H110ClF3N12O12. The fourth-order valence-corrected chi connectivity index (χ4v) is 16.1. The van der Waals surface area contributed by atoms with Gasteiger partial charge < -0.3 is 60.0 Å². The van der Waals surface area contributed by atoms with Crippen LogP contribution in [0.2, 0.25) is 5.02 Å². The van der Waals surface area contributed by atoms with E-state index >= 15 is 24.0 Å². The van der Waals surface area contributed by atoms with Gasteiger partial charge in [-0.1, -0.05) is 116 Å². The van der Waals surface area contributed by atoms with E-state index in [0.29, 0.717) is 50.8 Å². The molecule has 1 unspecified atom stereocenters. The molecule has 7 atom stereocenters. The van der Waals surface area contributed by atoms with E-state index in [1.54, 1.807) is 18.7 Å². The number of amides is 12. The molecule has 1 spiro atoms. The van der Waals surface area contributed by atoms with Gasteiger partial charge in [0.15, 0.2) is 0 Å². The Bertz CT molecular complexity index is 3110. The molecule has 1 aromatic carbocycles. The summed E-state index contributed by atoms with van der Waals surface area (Å²) in [5.41, 5.74) is -2.35. The number of likely N-dealkylation sites (N-methyl/N-ethyl adjacent to an activating group) is 7. The molecule has 558 valence electrons. The van der Waals surface area contributed by atoms with Crippen LogP contribution in [-0.2, 0) is 70.1 Å². The zero-order valence-corrected chi connectivity index (χ0v) is 61.5. The molecule has 3 aliphatic heterocycles. The Labute approximate surface area is 593 Å². The largest absolute Gasteiger partial charge is 0.417 e. The van der Waals surface area contributed by atoms with Crippen LogP contribution in [0.5, 0.6) is 0 Å². The number of nitrogens with zero attached hydrogens (tertiary/aromatic N) is 9. The topological polar surface area (TPSA) is 270 Å².